The number of hydrogen-bond donors (Lipinski definition) is 0. The Kier molecular flexibility index (Phi) is 6.29. The van der Waals surface area contributed by atoms with Gasteiger partial charge in [-0.3, -0.25) is 4.99 Å². The molecule has 41 heavy (non-hydrogen) atoms. The average Bonchev–Trinajstić information content (AvgIpc) is 3.36. The molecule has 7 rings (SSSR count). The fourth-order valence-corrected chi connectivity index (χ4v) is 7.11. The standard InChI is InChI=1S/C34H27BBr2N2O2/c1-18-14-20(3)38-33(18)22(5)34-19(2)15-21(4)39(34)35-40-29-12-6-23-16-25(36)8-10-27(23)31(29)32-28-11-9-26(37)17-24(28)7-13-30(32)41-35/h6-17H,1-5H3. The highest BCUT2D eigenvalue weighted by molar-refractivity contribution is 9.10. The van der Waals surface area contributed by atoms with Crippen molar-refractivity contribution >= 4 is 71.9 Å². The van der Waals surface area contributed by atoms with Crippen LogP contribution in [0.15, 0.2) is 98.0 Å². The second-order valence-electron chi connectivity index (χ2n) is 10.9. The zero-order chi connectivity index (χ0) is 28.6. The second kappa shape index (κ2) is 9.78. The van der Waals surface area contributed by atoms with Gasteiger partial charge in [0.05, 0.1) is 5.70 Å². The van der Waals surface area contributed by atoms with Crippen molar-refractivity contribution in [3.05, 3.63) is 110 Å². The van der Waals surface area contributed by atoms with Gasteiger partial charge in [0, 0.05) is 37.2 Å². The van der Waals surface area contributed by atoms with Gasteiger partial charge in [-0.05, 0) is 121 Å². The Labute approximate surface area is 256 Å². The molecule has 2 aliphatic rings. The van der Waals surface area contributed by atoms with Gasteiger partial charge < -0.3 is 13.8 Å². The largest absolute Gasteiger partial charge is 0.742 e. The molecule has 0 saturated carbocycles. The zero-order valence-electron chi connectivity index (χ0n) is 23.5. The molecule has 202 valence electrons. The molecule has 0 aliphatic carbocycles. The lowest BCUT2D eigenvalue weighted by molar-refractivity contribution is 0.414. The van der Waals surface area contributed by atoms with Crippen LogP contribution < -0.4 is 9.31 Å². The number of aliphatic imine (C=N–C) groups is 1. The summed E-state index contributed by atoms with van der Waals surface area (Å²) in [4.78, 5) is 4.86. The van der Waals surface area contributed by atoms with E-state index in [4.69, 9.17) is 14.3 Å². The lowest BCUT2D eigenvalue weighted by atomic mass is 9.92. The van der Waals surface area contributed by atoms with Crippen LogP contribution in [0.25, 0.3) is 38.2 Å². The van der Waals surface area contributed by atoms with Crippen molar-refractivity contribution in [3.63, 3.8) is 0 Å². The van der Waals surface area contributed by atoms with E-state index < -0.39 is 7.25 Å². The number of nitrogens with zero attached hydrogens (tertiary/aromatic N) is 2. The van der Waals surface area contributed by atoms with E-state index in [1.165, 1.54) is 5.57 Å². The highest BCUT2D eigenvalue weighted by atomic mass is 79.9. The molecule has 5 aromatic rings. The van der Waals surface area contributed by atoms with E-state index in [-0.39, 0.29) is 0 Å². The molecule has 0 bridgehead atoms. The van der Waals surface area contributed by atoms with Crippen LogP contribution in [0.3, 0.4) is 0 Å². The number of rotatable bonds is 2. The molecule has 4 aromatic carbocycles. The summed E-state index contributed by atoms with van der Waals surface area (Å²) in [7, 11) is -0.717. The number of hydrogen-bond acceptors (Lipinski definition) is 3. The van der Waals surface area contributed by atoms with Gasteiger partial charge in [0.15, 0.2) is 0 Å². The van der Waals surface area contributed by atoms with Gasteiger partial charge in [0.1, 0.15) is 11.5 Å². The topological polar surface area (TPSA) is 35.8 Å². The van der Waals surface area contributed by atoms with Gasteiger partial charge in [-0.25, -0.2) is 0 Å². The molecule has 3 heterocycles. The van der Waals surface area contributed by atoms with Crippen LogP contribution in [0.2, 0.25) is 0 Å². The first-order chi connectivity index (χ1) is 19.7. The Morgan fingerprint density at radius 2 is 1.32 bits per heavy atom. The van der Waals surface area contributed by atoms with Crippen molar-refractivity contribution in [1.29, 1.82) is 0 Å². The Morgan fingerprint density at radius 1 is 0.756 bits per heavy atom. The second-order valence-corrected chi connectivity index (χ2v) is 12.7. The Morgan fingerprint density at radius 3 is 1.83 bits per heavy atom. The monoisotopic (exact) mass is 664 g/mol. The van der Waals surface area contributed by atoms with Gasteiger partial charge in [-0.2, -0.15) is 0 Å². The molecule has 0 amide bonds. The summed E-state index contributed by atoms with van der Waals surface area (Å²) in [5.74, 6) is 1.57. The first-order valence-electron chi connectivity index (χ1n) is 13.6. The molecule has 0 saturated heterocycles. The summed E-state index contributed by atoms with van der Waals surface area (Å²) in [6, 6.07) is 23.3. The van der Waals surface area contributed by atoms with Gasteiger partial charge in [0.25, 0.3) is 0 Å². The Hall–Kier alpha value is -3.55. The van der Waals surface area contributed by atoms with E-state index in [1.807, 2.05) is 6.92 Å². The Balaban J connectivity index is 1.51. The quantitative estimate of drug-likeness (QED) is 0.176. The molecular weight excluding hydrogens is 639 g/mol. The Bertz CT molecular complexity index is 1940. The number of halogens is 2. The average molecular weight is 666 g/mol. The van der Waals surface area contributed by atoms with Crippen molar-refractivity contribution < 1.29 is 9.31 Å². The predicted molar refractivity (Wildman–Crippen MR) is 178 cm³/mol. The van der Waals surface area contributed by atoms with Crippen molar-refractivity contribution in [2.45, 2.75) is 34.6 Å². The summed E-state index contributed by atoms with van der Waals surface area (Å²) in [5, 5.41) is 4.49. The molecule has 0 N–H and O–H groups in total. The van der Waals surface area contributed by atoms with E-state index in [0.29, 0.717) is 0 Å². The fraction of sp³-hybridized carbons (Fsp3) is 0.147. The molecule has 0 spiro atoms. The van der Waals surface area contributed by atoms with E-state index >= 15 is 0 Å². The highest BCUT2D eigenvalue weighted by Crippen LogP contribution is 2.48. The minimum absolute atomic E-state index is 0.717. The maximum absolute atomic E-state index is 6.88. The molecule has 2 aliphatic heterocycles. The van der Waals surface area contributed by atoms with Gasteiger partial charge in [0.2, 0.25) is 0 Å². The van der Waals surface area contributed by atoms with Crippen molar-refractivity contribution in [1.82, 2.24) is 4.48 Å². The minimum atomic E-state index is -0.717. The number of fused-ring (bicyclic) bond motifs is 7. The third-order valence-corrected chi connectivity index (χ3v) is 9.01. The van der Waals surface area contributed by atoms with E-state index in [1.54, 1.807) is 0 Å². The lowest BCUT2D eigenvalue weighted by Gasteiger charge is -2.20. The minimum Gasteiger partial charge on any atom is -0.506 e. The maximum atomic E-state index is 6.88. The van der Waals surface area contributed by atoms with E-state index in [9.17, 15) is 0 Å². The van der Waals surface area contributed by atoms with Crippen LogP contribution in [-0.2, 0) is 0 Å². The van der Waals surface area contributed by atoms with Gasteiger partial charge in [-0.15, -0.1) is 0 Å². The molecule has 0 fully saturated rings. The molecule has 4 nitrogen and oxygen atoms in total. The van der Waals surface area contributed by atoms with Crippen LogP contribution >= 0.6 is 31.9 Å². The van der Waals surface area contributed by atoms with Crippen LogP contribution in [0.1, 0.15) is 37.7 Å². The van der Waals surface area contributed by atoms with E-state index in [2.05, 4.69) is 137 Å². The predicted octanol–water partition coefficient (Wildman–Crippen LogP) is 10.1. The number of aromatic nitrogens is 1. The van der Waals surface area contributed by atoms with Crippen LogP contribution in [0.4, 0.5) is 0 Å². The number of benzene rings is 4. The van der Waals surface area contributed by atoms with Gasteiger partial charge in [-0.1, -0.05) is 56.1 Å². The van der Waals surface area contributed by atoms with Crippen molar-refractivity contribution in [2.75, 3.05) is 0 Å². The molecule has 0 atom stereocenters. The van der Waals surface area contributed by atoms with Crippen molar-refractivity contribution in [3.8, 4) is 22.6 Å². The summed E-state index contributed by atoms with van der Waals surface area (Å²) in [6.07, 6.45) is 2.13. The lowest BCUT2D eigenvalue weighted by Crippen LogP contribution is -2.39. The third kappa shape index (κ3) is 4.29. The maximum Gasteiger partial charge on any atom is 0.742 e. The van der Waals surface area contributed by atoms with Crippen molar-refractivity contribution in [2.24, 2.45) is 4.99 Å². The highest BCUT2D eigenvalue weighted by Gasteiger charge is 2.38. The SMILES string of the molecule is CC1=CC(C)=NC1=C(C)c1c(C)cc(C)n1B1Oc2ccc3cc(Br)ccc3c2-c2c(ccc3cc(Br)ccc23)O1. The van der Waals surface area contributed by atoms with Crippen LogP contribution in [0.5, 0.6) is 11.5 Å². The molecule has 1 aromatic heterocycles. The van der Waals surface area contributed by atoms with Crippen LogP contribution in [0, 0.1) is 13.8 Å². The number of allylic oxidation sites excluding steroid dienone is 3. The van der Waals surface area contributed by atoms with Gasteiger partial charge >= 0.3 is 7.25 Å². The fourth-order valence-electron chi connectivity index (χ4n) is 6.36. The first kappa shape index (κ1) is 26.4. The molecular formula is C34H27BBr2N2O2. The number of aryl methyl sites for hydroxylation is 2. The molecule has 0 unspecified atom stereocenters. The third-order valence-electron chi connectivity index (χ3n) is 8.02. The van der Waals surface area contributed by atoms with E-state index in [0.717, 1.165) is 87.0 Å². The zero-order valence-corrected chi connectivity index (χ0v) is 26.6. The summed E-state index contributed by atoms with van der Waals surface area (Å²) >= 11 is 7.30. The van der Waals surface area contributed by atoms with Crippen LogP contribution in [-0.4, -0.2) is 17.4 Å². The molecule has 0 radical (unpaired) electrons. The summed E-state index contributed by atoms with van der Waals surface area (Å²) < 4.78 is 18.0. The smallest absolute Gasteiger partial charge is 0.506 e. The first-order valence-corrected chi connectivity index (χ1v) is 15.2. The summed E-state index contributed by atoms with van der Waals surface area (Å²) in [5.41, 5.74) is 9.64. The summed E-state index contributed by atoms with van der Waals surface area (Å²) in [6.45, 7) is 10.5. The molecule has 7 heteroatoms. The normalized spacial score (nSPS) is 15.6.